The molecule has 1 fully saturated rings. The van der Waals surface area contributed by atoms with Gasteiger partial charge in [0.2, 0.25) is 0 Å². The molecule has 0 aliphatic heterocycles. The van der Waals surface area contributed by atoms with Crippen molar-refractivity contribution in [3.8, 4) is 17.3 Å². The molecule has 1 saturated carbocycles. The van der Waals surface area contributed by atoms with Crippen LogP contribution in [0.3, 0.4) is 0 Å². The first-order valence-corrected chi connectivity index (χ1v) is 6.51. The number of nitrogens with one attached hydrogen (secondary N) is 2. The van der Waals surface area contributed by atoms with Crippen LogP contribution in [-0.2, 0) is 0 Å². The third-order valence-corrected chi connectivity index (χ3v) is 3.58. The van der Waals surface area contributed by atoms with E-state index in [0.29, 0.717) is 18.3 Å². The third-order valence-electron chi connectivity index (χ3n) is 3.58. The minimum Gasteiger partial charge on any atom is -0.313 e. The van der Waals surface area contributed by atoms with Gasteiger partial charge < -0.3 is 4.98 Å². The molecule has 2 atom stereocenters. The number of aromatic nitrogens is 4. The zero-order chi connectivity index (χ0) is 15.7. The summed E-state index contributed by atoms with van der Waals surface area (Å²) in [5, 5.41) is 16.8. The van der Waals surface area contributed by atoms with Crippen LogP contribution in [0.1, 0.15) is 23.6 Å². The molecule has 7 nitrogen and oxygen atoms in total. The summed E-state index contributed by atoms with van der Waals surface area (Å²) < 4.78 is 12.2. The summed E-state index contributed by atoms with van der Waals surface area (Å²) in [6.07, 6.45) is 3.87. The predicted molar refractivity (Wildman–Crippen MR) is 74.5 cm³/mol. The Morgan fingerprint density at radius 3 is 2.91 bits per heavy atom. The molecule has 2 unspecified atom stereocenters. The van der Waals surface area contributed by atoms with E-state index in [1.165, 1.54) is 12.3 Å². The lowest BCUT2D eigenvalue weighted by molar-refractivity contribution is 0.710. The molecule has 0 spiro atoms. The average molecular weight is 299 g/mol. The summed E-state index contributed by atoms with van der Waals surface area (Å²) in [4.78, 5) is 27.3. The Labute approximate surface area is 123 Å². The van der Waals surface area contributed by atoms with E-state index in [9.17, 15) is 14.0 Å². The number of hydrogen-bond acceptors (Lipinski definition) is 5. The first-order valence-electron chi connectivity index (χ1n) is 6.51. The highest BCUT2D eigenvalue weighted by molar-refractivity contribution is 5.58. The highest BCUT2D eigenvalue weighted by Gasteiger charge is 2.38. The van der Waals surface area contributed by atoms with Crippen LogP contribution in [0.15, 0.2) is 34.3 Å². The Kier molecular flexibility index (Phi) is 3.39. The van der Waals surface area contributed by atoms with Gasteiger partial charge in [0.25, 0.3) is 5.56 Å². The maximum Gasteiger partial charge on any atom is 0.325 e. The second-order valence-electron chi connectivity index (χ2n) is 4.96. The van der Waals surface area contributed by atoms with Gasteiger partial charge in [0.1, 0.15) is 11.8 Å². The maximum absolute atomic E-state index is 12.2. The molecule has 0 bridgehead atoms. The molecule has 0 aromatic carbocycles. The Bertz CT molecular complexity index is 908. The van der Waals surface area contributed by atoms with E-state index in [0.717, 1.165) is 0 Å². The summed E-state index contributed by atoms with van der Waals surface area (Å²) in [5.74, 6) is 0.000702. The first-order chi connectivity index (χ1) is 10.6. The molecule has 2 aromatic rings. The van der Waals surface area contributed by atoms with Crippen LogP contribution >= 0.6 is 0 Å². The molecule has 2 aromatic heterocycles. The molecular formula is C14H10FN5O2. The highest BCUT2D eigenvalue weighted by Crippen LogP contribution is 2.49. The molecule has 110 valence electrons. The van der Waals surface area contributed by atoms with Gasteiger partial charge in [-0.25, -0.2) is 9.18 Å². The molecule has 0 amide bonds. The Morgan fingerprint density at radius 1 is 1.41 bits per heavy atom. The minimum absolute atomic E-state index is 0.0160. The van der Waals surface area contributed by atoms with Gasteiger partial charge >= 0.3 is 5.69 Å². The van der Waals surface area contributed by atoms with Crippen molar-refractivity contribution in [2.75, 3.05) is 0 Å². The number of hydrogen-bond donors (Lipinski definition) is 2. The lowest BCUT2D eigenvalue weighted by atomic mass is 10.1. The molecule has 1 aliphatic carbocycles. The summed E-state index contributed by atoms with van der Waals surface area (Å²) in [7, 11) is 0. The van der Waals surface area contributed by atoms with E-state index in [2.05, 4.69) is 20.2 Å². The average Bonchev–Trinajstić information content (AvgIpc) is 3.26. The predicted octanol–water partition coefficient (Wildman–Crippen LogP) is 0.979. The van der Waals surface area contributed by atoms with Crippen molar-refractivity contribution in [1.82, 2.24) is 20.2 Å². The molecule has 1 aliphatic rings. The molecule has 0 saturated heterocycles. The molecule has 22 heavy (non-hydrogen) atoms. The van der Waals surface area contributed by atoms with Crippen molar-refractivity contribution in [2.24, 2.45) is 5.92 Å². The SMILES string of the molecule is N#Cc1nnc(-c2c[nH]c(=O)[nH]c2=O)cc1C1CC1/C=C/F. The lowest BCUT2D eigenvalue weighted by Gasteiger charge is -2.04. The quantitative estimate of drug-likeness (QED) is 0.876. The fraction of sp³-hybridized carbons (Fsp3) is 0.214. The van der Waals surface area contributed by atoms with Crippen LogP contribution in [-0.4, -0.2) is 20.2 Å². The van der Waals surface area contributed by atoms with Crippen LogP contribution in [0.2, 0.25) is 0 Å². The Balaban J connectivity index is 2.06. The molecule has 3 rings (SSSR count). The van der Waals surface area contributed by atoms with E-state index in [4.69, 9.17) is 5.26 Å². The largest absolute Gasteiger partial charge is 0.325 e. The summed E-state index contributed by atoms with van der Waals surface area (Å²) in [5.41, 5.74) is -0.0290. The van der Waals surface area contributed by atoms with Crippen molar-refractivity contribution in [3.05, 3.63) is 56.8 Å². The number of H-pyrrole nitrogens is 2. The standard InChI is InChI=1S/C14H10FN5O2/c15-2-1-7-3-8(7)9-4-11(19-20-12(9)5-16)10-6-17-14(22)18-13(10)21/h1-2,4,6-8H,3H2,(H2,17,18,21,22)/b2-1+. The molecule has 8 heteroatoms. The van der Waals surface area contributed by atoms with E-state index >= 15 is 0 Å². The smallest absolute Gasteiger partial charge is 0.313 e. The highest BCUT2D eigenvalue weighted by atomic mass is 19.1. The first kappa shape index (κ1) is 13.9. The van der Waals surface area contributed by atoms with Gasteiger partial charge in [-0.1, -0.05) is 6.08 Å². The van der Waals surface area contributed by atoms with Gasteiger partial charge in [0.15, 0.2) is 5.69 Å². The zero-order valence-corrected chi connectivity index (χ0v) is 11.2. The number of nitrogens with zero attached hydrogens (tertiary/aromatic N) is 3. The summed E-state index contributed by atoms with van der Waals surface area (Å²) in [6, 6.07) is 3.54. The third kappa shape index (κ3) is 2.44. The number of allylic oxidation sites excluding steroid dienone is 1. The maximum atomic E-state index is 12.2. The van der Waals surface area contributed by atoms with E-state index < -0.39 is 11.2 Å². The second kappa shape index (κ2) is 5.37. The van der Waals surface area contributed by atoms with Crippen molar-refractivity contribution in [1.29, 1.82) is 5.26 Å². The number of nitriles is 1. The fourth-order valence-corrected chi connectivity index (χ4v) is 2.39. The zero-order valence-electron chi connectivity index (χ0n) is 11.2. The Morgan fingerprint density at radius 2 is 2.23 bits per heavy atom. The molecule has 2 N–H and O–H groups in total. The molecular weight excluding hydrogens is 289 g/mol. The lowest BCUT2D eigenvalue weighted by Crippen LogP contribution is -2.23. The number of aromatic amines is 2. The van der Waals surface area contributed by atoms with Crippen molar-refractivity contribution in [3.63, 3.8) is 0 Å². The van der Waals surface area contributed by atoms with E-state index in [1.807, 2.05) is 6.07 Å². The fourth-order valence-electron chi connectivity index (χ4n) is 2.39. The van der Waals surface area contributed by atoms with Crippen LogP contribution < -0.4 is 11.2 Å². The number of rotatable bonds is 3. The Hall–Kier alpha value is -3.08. The van der Waals surface area contributed by atoms with Gasteiger partial charge in [-0.05, 0) is 29.9 Å². The normalized spacial score (nSPS) is 20.0. The van der Waals surface area contributed by atoms with Crippen LogP contribution in [0.5, 0.6) is 0 Å². The van der Waals surface area contributed by atoms with Crippen molar-refractivity contribution >= 4 is 0 Å². The van der Waals surface area contributed by atoms with Crippen LogP contribution in [0.4, 0.5) is 4.39 Å². The van der Waals surface area contributed by atoms with E-state index in [-0.39, 0.29) is 28.8 Å². The van der Waals surface area contributed by atoms with Gasteiger partial charge in [0.05, 0.1) is 11.9 Å². The minimum atomic E-state index is -0.620. The van der Waals surface area contributed by atoms with E-state index in [1.54, 1.807) is 6.07 Å². The molecule has 2 heterocycles. The summed E-state index contributed by atoms with van der Waals surface area (Å²) in [6.45, 7) is 0. The van der Waals surface area contributed by atoms with Gasteiger partial charge in [-0.2, -0.15) is 5.26 Å². The van der Waals surface area contributed by atoms with Gasteiger partial charge in [-0.15, -0.1) is 10.2 Å². The van der Waals surface area contributed by atoms with Gasteiger partial charge in [-0.3, -0.25) is 9.78 Å². The summed E-state index contributed by atoms with van der Waals surface area (Å²) >= 11 is 0. The number of halogens is 1. The monoisotopic (exact) mass is 299 g/mol. The van der Waals surface area contributed by atoms with Crippen LogP contribution in [0, 0.1) is 17.2 Å². The van der Waals surface area contributed by atoms with Crippen LogP contribution in [0.25, 0.3) is 11.3 Å². The van der Waals surface area contributed by atoms with Crippen molar-refractivity contribution in [2.45, 2.75) is 12.3 Å². The topological polar surface area (TPSA) is 115 Å². The molecule has 0 radical (unpaired) electrons. The van der Waals surface area contributed by atoms with Crippen molar-refractivity contribution < 1.29 is 4.39 Å². The second-order valence-corrected chi connectivity index (χ2v) is 4.96. The van der Waals surface area contributed by atoms with Gasteiger partial charge in [0, 0.05) is 6.20 Å².